The third kappa shape index (κ3) is 4.43. The summed E-state index contributed by atoms with van der Waals surface area (Å²) in [6, 6.07) is 10.4. The number of pyridine rings is 2. The molecule has 0 radical (unpaired) electrons. The van der Waals surface area contributed by atoms with Crippen LogP contribution in [0, 0.1) is 0 Å². The Hall–Kier alpha value is -2.51. The van der Waals surface area contributed by atoms with E-state index in [1.54, 1.807) is 12.4 Å². The lowest BCUT2D eigenvalue weighted by molar-refractivity contribution is -0.130. The van der Waals surface area contributed by atoms with Gasteiger partial charge in [-0.15, -0.1) is 0 Å². The number of piperidine rings is 1. The van der Waals surface area contributed by atoms with Crippen molar-refractivity contribution in [3.63, 3.8) is 0 Å². The molecular weight excluding hydrogens is 390 g/mol. The first-order valence-electron chi connectivity index (χ1n) is 11.5. The molecule has 1 amide bonds. The first-order chi connectivity index (χ1) is 15.2. The smallest absolute Gasteiger partial charge is 0.255 e. The summed E-state index contributed by atoms with van der Waals surface area (Å²) in [7, 11) is 0. The van der Waals surface area contributed by atoms with Gasteiger partial charge in [-0.1, -0.05) is 6.07 Å². The maximum atomic E-state index is 12.8. The average Bonchev–Trinajstić information content (AvgIpc) is 2.85. The Bertz CT molecular complexity index is 862. The lowest BCUT2D eigenvalue weighted by atomic mass is 9.81. The maximum absolute atomic E-state index is 12.8. The lowest BCUT2D eigenvalue weighted by Crippen LogP contribution is -2.57. The first-order valence-corrected chi connectivity index (χ1v) is 11.5. The number of anilines is 1. The standard InChI is InChI=1S/C24H31N5O2/c30-23(20-4-3-9-25-19-20)29-11-7-24(8-12-29)18-21(6-17-31-24)27-13-15-28(16-14-27)22-5-1-2-10-26-22/h1-5,9-10,19,21H,6-8,11-18H2. The van der Waals surface area contributed by atoms with Gasteiger partial charge in [0, 0.05) is 70.5 Å². The Labute approximate surface area is 184 Å². The first kappa shape index (κ1) is 20.4. The average molecular weight is 422 g/mol. The van der Waals surface area contributed by atoms with E-state index in [-0.39, 0.29) is 11.5 Å². The van der Waals surface area contributed by atoms with Crippen LogP contribution in [0.2, 0.25) is 0 Å². The van der Waals surface area contributed by atoms with E-state index < -0.39 is 0 Å². The molecule has 5 heterocycles. The summed E-state index contributed by atoms with van der Waals surface area (Å²) in [5.41, 5.74) is 0.596. The van der Waals surface area contributed by atoms with E-state index >= 15 is 0 Å². The molecule has 1 unspecified atom stereocenters. The van der Waals surface area contributed by atoms with Crippen molar-refractivity contribution in [3.8, 4) is 0 Å². The van der Waals surface area contributed by atoms with Crippen LogP contribution in [-0.4, -0.2) is 83.2 Å². The van der Waals surface area contributed by atoms with Crippen LogP contribution in [-0.2, 0) is 4.74 Å². The van der Waals surface area contributed by atoms with Gasteiger partial charge in [0.05, 0.1) is 11.2 Å². The minimum Gasteiger partial charge on any atom is -0.375 e. The molecule has 31 heavy (non-hydrogen) atoms. The van der Waals surface area contributed by atoms with Gasteiger partial charge in [0.1, 0.15) is 5.82 Å². The lowest BCUT2D eigenvalue weighted by Gasteiger charge is -2.49. The van der Waals surface area contributed by atoms with E-state index in [9.17, 15) is 4.79 Å². The van der Waals surface area contributed by atoms with E-state index in [0.29, 0.717) is 11.6 Å². The Balaban J connectivity index is 1.15. The second-order valence-corrected chi connectivity index (χ2v) is 8.92. The third-order valence-corrected chi connectivity index (χ3v) is 7.14. The molecule has 7 heteroatoms. The molecule has 2 aromatic heterocycles. The minimum absolute atomic E-state index is 0.0766. The second kappa shape index (κ2) is 8.93. The fraction of sp³-hybridized carbons (Fsp3) is 0.542. The Morgan fingerprint density at radius 1 is 1.00 bits per heavy atom. The van der Waals surface area contributed by atoms with Crippen molar-refractivity contribution < 1.29 is 9.53 Å². The summed E-state index contributed by atoms with van der Waals surface area (Å²) >= 11 is 0. The van der Waals surface area contributed by atoms with Gasteiger partial charge in [-0.25, -0.2) is 4.98 Å². The van der Waals surface area contributed by atoms with Gasteiger partial charge in [0.15, 0.2) is 0 Å². The highest BCUT2D eigenvalue weighted by molar-refractivity contribution is 5.93. The zero-order valence-corrected chi connectivity index (χ0v) is 18.0. The van der Waals surface area contributed by atoms with Crippen LogP contribution in [0.15, 0.2) is 48.9 Å². The SMILES string of the molecule is O=C(c1cccnc1)N1CCC2(CC1)CC(N1CCN(c3ccccn3)CC1)CCO2. The minimum atomic E-state index is -0.0766. The summed E-state index contributed by atoms with van der Waals surface area (Å²) in [6.07, 6.45) is 9.25. The molecule has 0 bridgehead atoms. The van der Waals surface area contributed by atoms with Gasteiger partial charge in [0.2, 0.25) is 0 Å². The molecule has 0 aliphatic carbocycles. The fourth-order valence-corrected chi connectivity index (χ4v) is 5.31. The summed E-state index contributed by atoms with van der Waals surface area (Å²) in [5.74, 6) is 1.16. The Kier molecular flexibility index (Phi) is 5.87. The van der Waals surface area contributed by atoms with E-state index in [0.717, 1.165) is 77.4 Å². The highest BCUT2D eigenvalue weighted by Crippen LogP contribution is 2.37. The molecule has 164 valence electrons. The van der Waals surface area contributed by atoms with Gasteiger partial charge >= 0.3 is 0 Å². The van der Waals surface area contributed by atoms with Crippen molar-refractivity contribution in [1.82, 2.24) is 19.8 Å². The molecule has 0 N–H and O–H groups in total. The van der Waals surface area contributed by atoms with Crippen molar-refractivity contribution in [2.24, 2.45) is 0 Å². The maximum Gasteiger partial charge on any atom is 0.255 e. The van der Waals surface area contributed by atoms with Crippen LogP contribution < -0.4 is 4.90 Å². The van der Waals surface area contributed by atoms with Crippen molar-refractivity contribution in [2.45, 2.75) is 37.3 Å². The number of nitrogens with zero attached hydrogens (tertiary/aromatic N) is 5. The number of carbonyl (C=O) groups is 1. The zero-order valence-electron chi connectivity index (χ0n) is 18.0. The van der Waals surface area contributed by atoms with Crippen LogP contribution in [0.3, 0.4) is 0 Å². The van der Waals surface area contributed by atoms with E-state index in [4.69, 9.17) is 4.74 Å². The number of hydrogen-bond acceptors (Lipinski definition) is 6. The molecule has 3 aliphatic rings. The summed E-state index contributed by atoms with van der Waals surface area (Å²) < 4.78 is 6.35. The molecule has 3 saturated heterocycles. The topological polar surface area (TPSA) is 61.8 Å². The molecular formula is C24H31N5O2. The number of piperazine rings is 1. The fourth-order valence-electron chi connectivity index (χ4n) is 5.31. The van der Waals surface area contributed by atoms with E-state index in [1.165, 1.54) is 0 Å². The van der Waals surface area contributed by atoms with Crippen molar-refractivity contribution >= 4 is 11.7 Å². The number of ether oxygens (including phenoxy) is 1. The Morgan fingerprint density at radius 2 is 1.84 bits per heavy atom. The van der Waals surface area contributed by atoms with Crippen LogP contribution >= 0.6 is 0 Å². The van der Waals surface area contributed by atoms with Gasteiger partial charge in [-0.2, -0.15) is 0 Å². The number of rotatable bonds is 3. The van der Waals surface area contributed by atoms with E-state index in [1.807, 2.05) is 29.3 Å². The van der Waals surface area contributed by atoms with Gasteiger partial charge < -0.3 is 14.5 Å². The third-order valence-electron chi connectivity index (χ3n) is 7.14. The van der Waals surface area contributed by atoms with E-state index in [2.05, 4.69) is 31.9 Å². The van der Waals surface area contributed by atoms with Crippen LogP contribution in [0.1, 0.15) is 36.0 Å². The highest BCUT2D eigenvalue weighted by Gasteiger charge is 2.43. The molecule has 1 spiro atoms. The van der Waals surface area contributed by atoms with Gasteiger partial charge in [-0.05, 0) is 49.9 Å². The molecule has 2 aromatic rings. The molecule has 0 saturated carbocycles. The van der Waals surface area contributed by atoms with Gasteiger partial charge in [0.25, 0.3) is 5.91 Å². The quantitative estimate of drug-likeness (QED) is 0.759. The normalized spacial score (nSPS) is 24.3. The molecule has 1 atom stereocenters. The van der Waals surface area contributed by atoms with Crippen molar-refractivity contribution in [3.05, 3.63) is 54.5 Å². The number of amides is 1. The molecule has 5 rings (SSSR count). The number of aromatic nitrogens is 2. The largest absolute Gasteiger partial charge is 0.375 e. The van der Waals surface area contributed by atoms with Crippen LogP contribution in [0.25, 0.3) is 0 Å². The molecule has 7 nitrogen and oxygen atoms in total. The van der Waals surface area contributed by atoms with Crippen molar-refractivity contribution in [2.75, 3.05) is 50.8 Å². The van der Waals surface area contributed by atoms with Crippen molar-refractivity contribution in [1.29, 1.82) is 0 Å². The van der Waals surface area contributed by atoms with Crippen LogP contribution in [0.5, 0.6) is 0 Å². The number of carbonyl (C=O) groups excluding carboxylic acids is 1. The monoisotopic (exact) mass is 421 g/mol. The summed E-state index contributed by atoms with van der Waals surface area (Å²) in [6.45, 7) is 6.53. The highest BCUT2D eigenvalue weighted by atomic mass is 16.5. The predicted octanol–water partition coefficient (Wildman–Crippen LogP) is 2.45. The Morgan fingerprint density at radius 3 is 2.55 bits per heavy atom. The number of hydrogen-bond donors (Lipinski definition) is 0. The van der Waals surface area contributed by atoms with Gasteiger partial charge in [-0.3, -0.25) is 14.7 Å². The number of likely N-dealkylation sites (tertiary alicyclic amines) is 1. The molecule has 3 fully saturated rings. The summed E-state index contributed by atoms with van der Waals surface area (Å²) in [4.78, 5) is 28.3. The van der Waals surface area contributed by atoms with Crippen LogP contribution in [0.4, 0.5) is 5.82 Å². The summed E-state index contributed by atoms with van der Waals surface area (Å²) in [5, 5.41) is 0. The zero-order chi connectivity index (χ0) is 21.1. The predicted molar refractivity (Wildman–Crippen MR) is 119 cm³/mol. The molecule has 3 aliphatic heterocycles. The molecule has 0 aromatic carbocycles. The second-order valence-electron chi connectivity index (χ2n) is 8.92.